The molecule has 0 saturated heterocycles. The van der Waals surface area contributed by atoms with E-state index in [2.05, 4.69) is 6.92 Å². The van der Waals surface area contributed by atoms with Crippen molar-refractivity contribution in [1.29, 1.82) is 0 Å². The lowest BCUT2D eigenvalue weighted by molar-refractivity contribution is -0.201. The molecule has 0 bridgehead atoms. The van der Waals surface area contributed by atoms with Crippen LogP contribution < -0.4 is 0 Å². The van der Waals surface area contributed by atoms with E-state index in [1.54, 1.807) is 0 Å². The average Bonchev–Trinajstić information content (AvgIpc) is 2.56. The predicted octanol–water partition coefficient (Wildman–Crippen LogP) is 8.16. The SMILES string of the molecule is CCCCCCCCCCCCOCCCCCCC(F)(F)C(C)(F)F. The second-order valence-corrected chi connectivity index (χ2v) is 7.55. The van der Waals surface area contributed by atoms with Gasteiger partial charge in [0.1, 0.15) is 0 Å². The maximum Gasteiger partial charge on any atom is 0.309 e. The fraction of sp³-hybridized carbons (Fsp3) is 1.00. The van der Waals surface area contributed by atoms with Gasteiger partial charge in [-0.15, -0.1) is 0 Å². The highest BCUT2D eigenvalue weighted by Crippen LogP contribution is 2.37. The van der Waals surface area contributed by atoms with Crippen molar-refractivity contribution in [3.63, 3.8) is 0 Å². The van der Waals surface area contributed by atoms with Crippen molar-refractivity contribution < 1.29 is 22.3 Å². The predicted molar refractivity (Wildman–Crippen MR) is 101 cm³/mol. The summed E-state index contributed by atoms with van der Waals surface area (Å²) in [6.45, 7) is 3.92. The van der Waals surface area contributed by atoms with Crippen molar-refractivity contribution in [2.75, 3.05) is 13.2 Å². The Labute approximate surface area is 158 Å². The lowest BCUT2D eigenvalue weighted by atomic mass is 10.0. The molecule has 0 spiro atoms. The van der Waals surface area contributed by atoms with Crippen molar-refractivity contribution in [3.8, 4) is 0 Å². The summed E-state index contributed by atoms with van der Waals surface area (Å²) in [5.74, 6) is -7.82. The summed E-state index contributed by atoms with van der Waals surface area (Å²) in [5.41, 5.74) is 0. The van der Waals surface area contributed by atoms with Gasteiger partial charge in [0.25, 0.3) is 0 Å². The highest BCUT2D eigenvalue weighted by atomic mass is 19.3. The van der Waals surface area contributed by atoms with Crippen molar-refractivity contribution in [2.45, 2.75) is 122 Å². The Kier molecular flexibility index (Phi) is 15.5. The number of alkyl halides is 4. The van der Waals surface area contributed by atoms with Gasteiger partial charge in [0, 0.05) is 26.6 Å². The molecule has 0 aliphatic heterocycles. The van der Waals surface area contributed by atoms with Crippen LogP contribution in [-0.2, 0) is 4.74 Å². The van der Waals surface area contributed by atoms with E-state index in [0.717, 1.165) is 25.9 Å². The van der Waals surface area contributed by atoms with Crippen LogP contribution in [0.1, 0.15) is 110 Å². The van der Waals surface area contributed by atoms with Gasteiger partial charge >= 0.3 is 11.8 Å². The highest BCUT2D eigenvalue weighted by Gasteiger charge is 2.51. The minimum absolute atomic E-state index is 0.134. The Balaban J connectivity index is 3.21. The van der Waals surface area contributed by atoms with E-state index in [1.807, 2.05) is 0 Å². The molecule has 0 aromatic carbocycles. The highest BCUT2D eigenvalue weighted by molar-refractivity contribution is 4.80. The average molecular weight is 385 g/mol. The van der Waals surface area contributed by atoms with Crippen LogP contribution in [0.4, 0.5) is 17.6 Å². The van der Waals surface area contributed by atoms with Gasteiger partial charge in [-0.2, -0.15) is 8.78 Å². The molecular weight excluding hydrogens is 344 g/mol. The lowest BCUT2D eigenvalue weighted by Gasteiger charge is -2.22. The number of ether oxygens (including phenoxy) is 1. The van der Waals surface area contributed by atoms with Crippen LogP contribution in [0.25, 0.3) is 0 Å². The molecule has 0 N–H and O–H groups in total. The summed E-state index contributed by atoms with van der Waals surface area (Å²) >= 11 is 0. The Morgan fingerprint density at radius 3 is 1.38 bits per heavy atom. The van der Waals surface area contributed by atoms with Gasteiger partial charge in [-0.25, -0.2) is 8.78 Å². The van der Waals surface area contributed by atoms with Crippen LogP contribution in [0.15, 0.2) is 0 Å². The first-order valence-corrected chi connectivity index (χ1v) is 10.6. The third kappa shape index (κ3) is 14.8. The molecule has 0 radical (unpaired) electrons. The van der Waals surface area contributed by atoms with Crippen molar-refractivity contribution in [1.82, 2.24) is 0 Å². The first kappa shape index (κ1) is 25.7. The zero-order valence-electron chi connectivity index (χ0n) is 16.9. The van der Waals surface area contributed by atoms with Crippen molar-refractivity contribution in [2.24, 2.45) is 0 Å². The summed E-state index contributed by atoms with van der Waals surface area (Å²) in [5, 5.41) is 0. The molecule has 0 heterocycles. The summed E-state index contributed by atoms with van der Waals surface area (Å²) < 4.78 is 56.9. The maximum absolute atomic E-state index is 13.1. The first-order chi connectivity index (χ1) is 12.3. The van der Waals surface area contributed by atoms with Gasteiger partial charge in [0.15, 0.2) is 0 Å². The van der Waals surface area contributed by atoms with Crippen LogP contribution >= 0.6 is 0 Å². The number of hydrogen-bond acceptors (Lipinski definition) is 1. The van der Waals surface area contributed by atoms with Gasteiger partial charge in [0.05, 0.1) is 0 Å². The van der Waals surface area contributed by atoms with Crippen LogP contribution in [0, 0.1) is 0 Å². The van der Waals surface area contributed by atoms with E-state index < -0.39 is 18.3 Å². The molecule has 0 saturated carbocycles. The van der Waals surface area contributed by atoms with E-state index in [0.29, 0.717) is 13.0 Å². The number of halogens is 4. The monoisotopic (exact) mass is 384 g/mol. The zero-order valence-corrected chi connectivity index (χ0v) is 16.9. The number of unbranched alkanes of at least 4 members (excludes halogenated alkanes) is 12. The number of hydrogen-bond donors (Lipinski definition) is 0. The lowest BCUT2D eigenvalue weighted by Crippen LogP contribution is -2.37. The normalized spacial score (nSPS) is 12.7. The second kappa shape index (κ2) is 15.7. The Morgan fingerprint density at radius 2 is 0.962 bits per heavy atom. The van der Waals surface area contributed by atoms with Gasteiger partial charge in [-0.05, 0) is 19.3 Å². The molecule has 0 atom stereocenters. The largest absolute Gasteiger partial charge is 0.381 e. The molecule has 0 rings (SSSR count). The Hall–Kier alpha value is -0.320. The zero-order chi connectivity index (χ0) is 19.7. The molecule has 158 valence electrons. The molecule has 0 aromatic heterocycles. The summed E-state index contributed by atoms with van der Waals surface area (Å²) in [6, 6.07) is 0. The minimum atomic E-state index is -3.93. The van der Waals surface area contributed by atoms with E-state index >= 15 is 0 Å². The fourth-order valence-electron chi connectivity index (χ4n) is 2.92. The topological polar surface area (TPSA) is 9.23 Å². The van der Waals surface area contributed by atoms with Crippen molar-refractivity contribution >= 4 is 0 Å². The molecule has 1 nitrogen and oxygen atoms in total. The third-order valence-electron chi connectivity index (χ3n) is 4.81. The molecule has 0 fully saturated rings. The van der Waals surface area contributed by atoms with E-state index in [9.17, 15) is 17.6 Å². The molecule has 26 heavy (non-hydrogen) atoms. The van der Waals surface area contributed by atoms with Gasteiger partial charge in [-0.3, -0.25) is 0 Å². The molecule has 0 aliphatic carbocycles. The smallest absolute Gasteiger partial charge is 0.309 e. The summed E-state index contributed by atoms with van der Waals surface area (Å²) in [4.78, 5) is 0. The quantitative estimate of drug-likeness (QED) is 0.161. The van der Waals surface area contributed by atoms with E-state index in [4.69, 9.17) is 4.74 Å². The standard InChI is InChI=1S/C21H40F4O/c1-3-4-5-6-7-8-9-10-12-15-18-26-19-16-13-11-14-17-21(24,25)20(2,22)23/h3-19H2,1-2H3. The fourth-order valence-corrected chi connectivity index (χ4v) is 2.92. The van der Waals surface area contributed by atoms with Gasteiger partial charge in [0.2, 0.25) is 0 Å². The minimum Gasteiger partial charge on any atom is -0.381 e. The third-order valence-corrected chi connectivity index (χ3v) is 4.81. The maximum atomic E-state index is 13.1. The van der Waals surface area contributed by atoms with Gasteiger partial charge < -0.3 is 4.74 Å². The Morgan fingerprint density at radius 1 is 0.577 bits per heavy atom. The Bertz CT molecular complexity index is 303. The van der Waals surface area contributed by atoms with Crippen LogP contribution in [-0.4, -0.2) is 25.1 Å². The first-order valence-electron chi connectivity index (χ1n) is 10.6. The van der Waals surface area contributed by atoms with Crippen LogP contribution in [0.2, 0.25) is 0 Å². The van der Waals surface area contributed by atoms with Crippen molar-refractivity contribution in [3.05, 3.63) is 0 Å². The molecular formula is C21H40F4O. The molecule has 0 aliphatic rings. The number of rotatable bonds is 19. The van der Waals surface area contributed by atoms with Crippen LogP contribution in [0.5, 0.6) is 0 Å². The molecule has 5 heteroatoms. The summed E-state index contributed by atoms with van der Waals surface area (Å²) in [6.07, 6.45) is 14.5. The van der Waals surface area contributed by atoms with E-state index in [1.165, 1.54) is 57.8 Å². The van der Waals surface area contributed by atoms with Crippen LogP contribution in [0.3, 0.4) is 0 Å². The summed E-state index contributed by atoms with van der Waals surface area (Å²) in [7, 11) is 0. The second-order valence-electron chi connectivity index (χ2n) is 7.55. The molecule has 0 unspecified atom stereocenters. The van der Waals surface area contributed by atoms with E-state index in [-0.39, 0.29) is 13.3 Å². The molecule has 0 amide bonds. The molecule has 0 aromatic rings. The van der Waals surface area contributed by atoms with Gasteiger partial charge in [-0.1, -0.05) is 77.6 Å².